The molecule has 1 rings (SSSR count). The fourth-order valence-electron chi connectivity index (χ4n) is 2.01. The smallest absolute Gasteiger partial charge is 0.0503 e. The molecule has 1 saturated heterocycles. The van der Waals surface area contributed by atoms with Crippen LogP contribution < -0.4 is 0 Å². The van der Waals surface area contributed by atoms with Crippen LogP contribution in [0.3, 0.4) is 0 Å². The number of likely N-dealkylation sites (tertiary alicyclic amines) is 1. The summed E-state index contributed by atoms with van der Waals surface area (Å²) in [6.45, 7) is 7.87. The first-order valence-electron chi connectivity index (χ1n) is 4.51. The quantitative estimate of drug-likeness (QED) is 0.613. The van der Waals surface area contributed by atoms with Gasteiger partial charge >= 0.3 is 0 Å². The Labute approximate surface area is 69.5 Å². The van der Waals surface area contributed by atoms with E-state index in [1.54, 1.807) is 7.11 Å². The van der Waals surface area contributed by atoms with Gasteiger partial charge in [0.2, 0.25) is 0 Å². The first-order valence-corrected chi connectivity index (χ1v) is 4.51. The predicted molar refractivity (Wildman–Crippen MR) is 46.7 cm³/mol. The maximum atomic E-state index is 5.14. The summed E-state index contributed by atoms with van der Waals surface area (Å²) in [5, 5.41) is 0. The lowest BCUT2D eigenvalue weighted by Crippen LogP contribution is -2.26. The van der Waals surface area contributed by atoms with Crippen LogP contribution in [0.4, 0.5) is 0 Å². The summed E-state index contributed by atoms with van der Waals surface area (Å²) in [5.41, 5.74) is 0. The maximum Gasteiger partial charge on any atom is 0.0503 e. The van der Waals surface area contributed by atoms with Crippen molar-refractivity contribution in [3.63, 3.8) is 0 Å². The Bertz CT molecular complexity index is 116. The van der Waals surface area contributed by atoms with E-state index >= 15 is 0 Å². The lowest BCUT2D eigenvalue weighted by molar-refractivity contribution is 0.154. The van der Waals surface area contributed by atoms with Gasteiger partial charge in [0, 0.05) is 19.7 Å². The minimum absolute atomic E-state index is 0.764. The van der Waals surface area contributed by atoms with Gasteiger partial charge < -0.3 is 9.64 Å². The van der Waals surface area contributed by atoms with Crippen LogP contribution in [0.1, 0.15) is 20.3 Å². The molecule has 0 aromatic heterocycles. The van der Waals surface area contributed by atoms with Gasteiger partial charge in [0.05, 0.1) is 6.61 Å². The van der Waals surface area contributed by atoms with Crippen LogP contribution >= 0.6 is 0 Å². The summed E-state index contributed by atoms with van der Waals surface area (Å²) in [5.74, 6) is 0.773. The second kappa shape index (κ2) is 4.07. The van der Waals surface area contributed by atoms with E-state index in [4.69, 9.17) is 4.74 Å². The van der Waals surface area contributed by atoms with Gasteiger partial charge in [-0.15, -0.1) is 0 Å². The molecule has 0 aliphatic carbocycles. The Morgan fingerprint density at radius 2 is 2.27 bits per heavy atom. The SMILES string of the molecule is CCN1CC(COC)C[C@H]1C. The van der Waals surface area contributed by atoms with Gasteiger partial charge in [0.15, 0.2) is 0 Å². The van der Waals surface area contributed by atoms with Crippen molar-refractivity contribution in [1.82, 2.24) is 4.90 Å². The van der Waals surface area contributed by atoms with Crippen molar-refractivity contribution >= 4 is 0 Å². The summed E-state index contributed by atoms with van der Waals surface area (Å²) < 4.78 is 5.14. The van der Waals surface area contributed by atoms with Crippen molar-refractivity contribution in [3.8, 4) is 0 Å². The van der Waals surface area contributed by atoms with Crippen molar-refractivity contribution in [1.29, 1.82) is 0 Å². The zero-order valence-corrected chi connectivity index (χ0v) is 7.84. The molecule has 0 spiro atoms. The molecule has 0 N–H and O–H groups in total. The van der Waals surface area contributed by atoms with Crippen molar-refractivity contribution < 1.29 is 4.74 Å². The lowest BCUT2D eigenvalue weighted by Gasteiger charge is -2.17. The van der Waals surface area contributed by atoms with Gasteiger partial charge in [-0.25, -0.2) is 0 Å². The number of hydrogen-bond donors (Lipinski definition) is 0. The molecule has 2 atom stereocenters. The second-order valence-electron chi connectivity index (χ2n) is 3.49. The van der Waals surface area contributed by atoms with Crippen LogP contribution in [0.2, 0.25) is 0 Å². The number of methoxy groups -OCH3 is 1. The van der Waals surface area contributed by atoms with Crippen LogP contribution in [0.5, 0.6) is 0 Å². The highest BCUT2D eigenvalue weighted by atomic mass is 16.5. The Hall–Kier alpha value is -0.0800. The van der Waals surface area contributed by atoms with Crippen molar-refractivity contribution in [2.24, 2.45) is 5.92 Å². The summed E-state index contributed by atoms with van der Waals surface area (Å²) in [6, 6.07) is 0.764. The molecule has 0 amide bonds. The molecular weight excluding hydrogens is 138 g/mol. The lowest BCUT2D eigenvalue weighted by atomic mass is 10.1. The van der Waals surface area contributed by atoms with Gasteiger partial charge in [-0.3, -0.25) is 0 Å². The van der Waals surface area contributed by atoms with Crippen molar-refractivity contribution in [3.05, 3.63) is 0 Å². The molecule has 1 aliphatic heterocycles. The second-order valence-corrected chi connectivity index (χ2v) is 3.49. The highest BCUT2D eigenvalue weighted by Gasteiger charge is 2.27. The van der Waals surface area contributed by atoms with Crippen molar-refractivity contribution in [2.45, 2.75) is 26.3 Å². The van der Waals surface area contributed by atoms with Gasteiger partial charge in [-0.1, -0.05) is 6.92 Å². The minimum atomic E-state index is 0.764. The molecule has 2 nitrogen and oxygen atoms in total. The molecule has 1 fully saturated rings. The molecule has 1 unspecified atom stereocenters. The molecular formula is C9H19NO. The number of ether oxygens (including phenoxy) is 1. The molecule has 0 bridgehead atoms. The summed E-state index contributed by atoms with van der Waals surface area (Å²) >= 11 is 0. The summed E-state index contributed by atoms with van der Waals surface area (Å²) in [6.07, 6.45) is 1.31. The molecule has 0 saturated carbocycles. The summed E-state index contributed by atoms with van der Waals surface area (Å²) in [4.78, 5) is 2.52. The molecule has 1 heterocycles. The van der Waals surface area contributed by atoms with Crippen LogP contribution in [0.25, 0.3) is 0 Å². The van der Waals surface area contributed by atoms with E-state index in [-0.39, 0.29) is 0 Å². The third-order valence-corrected chi connectivity index (χ3v) is 2.60. The van der Waals surface area contributed by atoms with E-state index in [1.165, 1.54) is 19.5 Å². The van der Waals surface area contributed by atoms with Gasteiger partial charge in [0.1, 0.15) is 0 Å². The van der Waals surface area contributed by atoms with E-state index in [2.05, 4.69) is 18.7 Å². The monoisotopic (exact) mass is 157 g/mol. The van der Waals surface area contributed by atoms with E-state index in [0.29, 0.717) is 0 Å². The molecule has 0 aromatic carbocycles. The first-order chi connectivity index (χ1) is 5.27. The Morgan fingerprint density at radius 3 is 2.73 bits per heavy atom. The predicted octanol–water partition coefficient (Wildman–Crippen LogP) is 1.36. The Kier molecular flexibility index (Phi) is 3.34. The molecule has 1 aliphatic rings. The zero-order valence-electron chi connectivity index (χ0n) is 7.84. The van der Waals surface area contributed by atoms with Gasteiger partial charge in [-0.2, -0.15) is 0 Å². The standard InChI is InChI=1S/C9H19NO/c1-4-10-6-9(7-11-3)5-8(10)2/h8-9H,4-7H2,1-3H3/t8-,9?/m1/s1. The fourth-order valence-corrected chi connectivity index (χ4v) is 2.01. The molecule has 2 heteroatoms. The largest absolute Gasteiger partial charge is 0.384 e. The normalized spacial score (nSPS) is 33.0. The average molecular weight is 157 g/mol. The Balaban J connectivity index is 2.30. The van der Waals surface area contributed by atoms with E-state index in [9.17, 15) is 0 Å². The Morgan fingerprint density at radius 1 is 1.55 bits per heavy atom. The average Bonchev–Trinajstić information content (AvgIpc) is 2.32. The van der Waals surface area contributed by atoms with E-state index in [0.717, 1.165) is 18.6 Å². The van der Waals surface area contributed by atoms with Gasteiger partial charge in [0.25, 0.3) is 0 Å². The topological polar surface area (TPSA) is 12.5 Å². The molecule has 66 valence electrons. The zero-order chi connectivity index (χ0) is 8.27. The minimum Gasteiger partial charge on any atom is -0.384 e. The fraction of sp³-hybridized carbons (Fsp3) is 1.00. The number of nitrogens with zero attached hydrogens (tertiary/aromatic N) is 1. The van der Waals surface area contributed by atoms with E-state index in [1.807, 2.05) is 0 Å². The van der Waals surface area contributed by atoms with Crippen molar-refractivity contribution in [2.75, 3.05) is 26.8 Å². The summed E-state index contributed by atoms with van der Waals surface area (Å²) in [7, 11) is 1.79. The van der Waals surface area contributed by atoms with Crippen LogP contribution in [-0.4, -0.2) is 37.7 Å². The number of rotatable bonds is 3. The molecule has 0 aromatic rings. The highest BCUT2D eigenvalue weighted by Crippen LogP contribution is 2.22. The van der Waals surface area contributed by atoms with Crippen LogP contribution in [0.15, 0.2) is 0 Å². The third kappa shape index (κ3) is 2.17. The van der Waals surface area contributed by atoms with Crippen LogP contribution in [0, 0.1) is 5.92 Å². The van der Waals surface area contributed by atoms with Crippen LogP contribution in [-0.2, 0) is 4.74 Å². The number of hydrogen-bond acceptors (Lipinski definition) is 2. The first kappa shape index (κ1) is 9.01. The third-order valence-electron chi connectivity index (χ3n) is 2.60. The molecule has 0 radical (unpaired) electrons. The van der Waals surface area contributed by atoms with E-state index < -0.39 is 0 Å². The maximum absolute atomic E-state index is 5.14. The molecule has 11 heavy (non-hydrogen) atoms. The highest BCUT2D eigenvalue weighted by molar-refractivity contribution is 4.81. The van der Waals surface area contributed by atoms with Gasteiger partial charge in [-0.05, 0) is 25.8 Å².